The maximum absolute atomic E-state index is 12.0. The van der Waals surface area contributed by atoms with Crippen LogP contribution in [0.4, 0.5) is 5.69 Å². The van der Waals surface area contributed by atoms with E-state index in [2.05, 4.69) is 28.1 Å². The van der Waals surface area contributed by atoms with Crippen molar-refractivity contribution in [1.29, 1.82) is 0 Å². The number of hydrogen-bond donors (Lipinski definition) is 4. The largest absolute Gasteiger partial charge is 0.352 e. The van der Waals surface area contributed by atoms with E-state index >= 15 is 0 Å². The lowest BCUT2D eigenvalue weighted by Crippen LogP contribution is -2.44. The lowest BCUT2D eigenvalue weighted by Gasteiger charge is -2.12. The third-order valence-corrected chi connectivity index (χ3v) is 4.51. The minimum absolute atomic E-state index is 0.0805. The van der Waals surface area contributed by atoms with Gasteiger partial charge in [-0.05, 0) is 42.3 Å². The van der Waals surface area contributed by atoms with Crippen LogP contribution in [0.15, 0.2) is 54.7 Å². The molecule has 0 radical (unpaired) electrons. The van der Waals surface area contributed by atoms with Crippen LogP contribution < -0.4 is 21.5 Å². The Balaban J connectivity index is 1.73. The van der Waals surface area contributed by atoms with Gasteiger partial charge >= 0.3 is 11.8 Å². The normalized spacial score (nSPS) is 10.0. The molecule has 0 fully saturated rings. The summed E-state index contributed by atoms with van der Waals surface area (Å²) < 4.78 is 0. The summed E-state index contributed by atoms with van der Waals surface area (Å²) >= 11 is 11.8. The van der Waals surface area contributed by atoms with E-state index in [4.69, 9.17) is 23.2 Å². The molecular formula is C20H20Cl2N4O3. The van der Waals surface area contributed by atoms with Crippen LogP contribution in [0.2, 0.25) is 10.0 Å². The van der Waals surface area contributed by atoms with E-state index in [0.29, 0.717) is 27.8 Å². The zero-order valence-electron chi connectivity index (χ0n) is 15.6. The van der Waals surface area contributed by atoms with Gasteiger partial charge in [-0.2, -0.15) is 0 Å². The maximum Gasteiger partial charge on any atom is 0.327 e. The van der Waals surface area contributed by atoms with Gasteiger partial charge in [0.25, 0.3) is 0 Å². The van der Waals surface area contributed by atoms with Gasteiger partial charge in [0, 0.05) is 28.0 Å². The minimum atomic E-state index is -0.938. The van der Waals surface area contributed by atoms with Gasteiger partial charge in [0.1, 0.15) is 0 Å². The number of hydrazine groups is 1. The monoisotopic (exact) mass is 434 g/mol. The number of nitrogens with one attached hydrogen (secondary N) is 4. The molecule has 0 aliphatic rings. The van der Waals surface area contributed by atoms with Crippen LogP contribution in [-0.4, -0.2) is 17.7 Å². The predicted octanol–water partition coefficient (Wildman–Crippen LogP) is 3.08. The number of amides is 3. The molecule has 4 N–H and O–H groups in total. The van der Waals surface area contributed by atoms with E-state index < -0.39 is 11.8 Å². The van der Waals surface area contributed by atoms with E-state index in [1.807, 2.05) is 0 Å². The van der Waals surface area contributed by atoms with Crippen LogP contribution in [-0.2, 0) is 20.9 Å². The van der Waals surface area contributed by atoms with Gasteiger partial charge in [0.05, 0.1) is 6.42 Å². The first-order valence-electron chi connectivity index (χ1n) is 8.57. The van der Waals surface area contributed by atoms with Crippen molar-refractivity contribution in [2.75, 3.05) is 5.32 Å². The van der Waals surface area contributed by atoms with Crippen LogP contribution >= 0.6 is 23.2 Å². The molecule has 29 heavy (non-hydrogen) atoms. The zero-order valence-corrected chi connectivity index (χ0v) is 17.2. The summed E-state index contributed by atoms with van der Waals surface area (Å²) in [5, 5.41) is 6.27. The number of benzene rings is 2. The Morgan fingerprint density at radius 2 is 1.66 bits per heavy atom. The Kier molecular flexibility index (Phi) is 8.06. The highest BCUT2D eigenvalue weighted by atomic mass is 35.5. The molecule has 7 nitrogen and oxygen atoms in total. The topological polar surface area (TPSA) is 99.3 Å². The Bertz CT molecular complexity index is 930. The molecule has 9 heteroatoms. The van der Waals surface area contributed by atoms with Gasteiger partial charge in [0.15, 0.2) is 0 Å². The molecule has 0 heterocycles. The zero-order chi connectivity index (χ0) is 21.4. The van der Waals surface area contributed by atoms with Gasteiger partial charge in [-0.25, -0.2) is 0 Å². The molecule has 0 saturated carbocycles. The molecule has 0 bridgehead atoms. The second-order valence-electron chi connectivity index (χ2n) is 6.13. The molecule has 0 atom stereocenters. The van der Waals surface area contributed by atoms with Crippen molar-refractivity contribution in [3.63, 3.8) is 0 Å². The molecule has 0 saturated heterocycles. The number of carbonyl (C=O) groups is 3. The third kappa shape index (κ3) is 7.14. The molecule has 2 aromatic rings. The molecule has 2 aromatic carbocycles. The highest BCUT2D eigenvalue weighted by Gasteiger charge is 2.15. The van der Waals surface area contributed by atoms with E-state index in [-0.39, 0.29) is 18.0 Å². The first-order valence-corrected chi connectivity index (χ1v) is 9.33. The Hall–Kier alpha value is -3.03. The van der Waals surface area contributed by atoms with Crippen LogP contribution in [0.3, 0.4) is 0 Å². The van der Waals surface area contributed by atoms with E-state index in [9.17, 15) is 14.4 Å². The Morgan fingerprint density at radius 1 is 0.966 bits per heavy atom. The molecular weight excluding hydrogens is 415 g/mol. The summed E-state index contributed by atoms with van der Waals surface area (Å²) in [5.74, 6) is -2.12. The Labute approximate surface area is 178 Å². The van der Waals surface area contributed by atoms with Crippen molar-refractivity contribution in [3.05, 3.63) is 75.9 Å². The van der Waals surface area contributed by atoms with Crippen molar-refractivity contribution < 1.29 is 14.4 Å². The fourth-order valence-corrected chi connectivity index (χ4v) is 2.53. The minimum Gasteiger partial charge on any atom is -0.352 e. The van der Waals surface area contributed by atoms with E-state index in [0.717, 1.165) is 5.56 Å². The lowest BCUT2D eigenvalue weighted by molar-refractivity contribution is -0.136. The van der Waals surface area contributed by atoms with Crippen LogP contribution in [0, 0.1) is 6.92 Å². The average Bonchev–Trinajstić information content (AvgIpc) is 2.69. The second-order valence-corrected chi connectivity index (χ2v) is 6.97. The average molecular weight is 435 g/mol. The van der Waals surface area contributed by atoms with Gasteiger partial charge < -0.3 is 16.1 Å². The van der Waals surface area contributed by atoms with Crippen molar-refractivity contribution in [2.45, 2.75) is 19.9 Å². The van der Waals surface area contributed by atoms with Crippen molar-refractivity contribution >= 4 is 46.6 Å². The summed E-state index contributed by atoms with van der Waals surface area (Å²) in [5.41, 5.74) is 6.83. The molecule has 3 amide bonds. The summed E-state index contributed by atoms with van der Waals surface area (Å²) in [6.45, 7) is 5.70. The van der Waals surface area contributed by atoms with Gasteiger partial charge in [-0.1, -0.05) is 48.0 Å². The van der Waals surface area contributed by atoms with Crippen molar-refractivity contribution in [1.82, 2.24) is 16.2 Å². The second kappa shape index (κ2) is 10.5. The third-order valence-electron chi connectivity index (χ3n) is 3.85. The van der Waals surface area contributed by atoms with E-state index in [1.54, 1.807) is 49.4 Å². The molecule has 0 aliphatic carbocycles. The molecule has 0 spiro atoms. The van der Waals surface area contributed by atoms with Gasteiger partial charge in [-0.15, -0.1) is 0 Å². The van der Waals surface area contributed by atoms with E-state index in [1.165, 1.54) is 0 Å². The van der Waals surface area contributed by atoms with Crippen LogP contribution in [0.1, 0.15) is 17.5 Å². The standard InChI is InChI=1S/C20H20Cl2N4O3/c1-12(10-18(27)23-11-14-6-8-15(21)9-7-14)25-26-20(29)19(28)24-17-5-3-4-16(22)13(17)2/h3-9,25H,1,10-11H2,2H3,(H,23,27)(H,24,28)(H,26,29). The number of hydrogen-bond acceptors (Lipinski definition) is 4. The molecule has 152 valence electrons. The number of rotatable bonds is 7. The van der Waals surface area contributed by atoms with Gasteiger partial charge in [-0.3, -0.25) is 19.8 Å². The smallest absolute Gasteiger partial charge is 0.327 e. The molecule has 0 aromatic heterocycles. The highest BCUT2D eigenvalue weighted by Crippen LogP contribution is 2.22. The Morgan fingerprint density at radius 3 is 2.34 bits per heavy atom. The summed E-state index contributed by atoms with van der Waals surface area (Å²) in [4.78, 5) is 35.8. The fourth-order valence-electron chi connectivity index (χ4n) is 2.23. The number of carbonyl (C=O) groups excluding carboxylic acids is 3. The van der Waals surface area contributed by atoms with Crippen LogP contribution in [0.25, 0.3) is 0 Å². The molecule has 2 rings (SSSR count). The van der Waals surface area contributed by atoms with Crippen LogP contribution in [0.5, 0.6) is 0 Å². The quantitative estimate of drug-likeness (QED) is 0.397. The molecule has 0 unspecified atom stereocenters. The van der Waals surface area contributed by atoms with Crippen molar-refractivity contribution in [3.8, 4) is 0 Å². The summed E-state index contributed by atoms with van der Waals surface area (Å²) in [6.07, 6.45) is -0.0805. The predicted molar refractivity (Wildman–Crippen MR) is 113 cm³/mol. The fraction of sp³-hybridized carbons (Fsp3) is 0.150. The number of halogens is 2. The SMILES string of the molecule is C=C(CC(=O)NCc1ccc(Cl)cc1)NNC(=O)C(=O)Nc1cccc(Cl)c1C. The van der Waals surface area contributed by atoms with Crippen molar-refractivity contribution in [2.24, 2.45) is 0 Å². The summed E-state index contributed by atoms with van der Waals surface area (Å²) in [7, 11) is 0. The lowest BCUT2D eigenvalue weighted by atomic mass is 10.2. The highest BCUT2D eigenvalue weighted by molar-refractivity contribution is 6.40. The van der Waals surface area contributed by atoms with Gasteiger partial charge in [0.2, 0.25) is 5.91 Å². The first kappa shape index (κ1) is 22.3. The number of anilines is 1. The molecule has 0 aliphatic heterocycles. The maximum atomic E-state index is 12.0. The summed E-state index contributed by atoms with van der Waals surface area (Å²) in [6, 6.07) is 12.0. The first-order chi connectivity index (χ1) is 13.8.